The van der Waals surface area contributed by atoms with Crippen LogP contribution in [0.2, 0.25) is 5.28 Å². The zero-order valence-electron chi connectivity index (χ0n) is 10.9. The lowest BCUT2D eigenvalue weighted by molar-refractivity contribution is 0.0587. The second-order valence-corrected chi connectivity index (χ2v) is 4.00. The van der Waals surface area contributed by atoms with Crippen molar-refractivity contribution < 1.29 is 9.53 Å². The molecule has 0 atom stereocenters. The maximum Gasteiger partial charge on any atom is 0.377 e. The summed E-state index contributed by atoms with van der Waals surface area (Å²) in [5.74, 6) is -0.247. The largest absolute Gasteiger partial charge is 0.463 e. The highest BCUT2D eigenvalue weighted by atomic mass is 35.5. The van der Waals surface area contributed by atoms with Crippen molar-refractivity contribution >= 4 is 23.5 Å². The molecule has 0 aliphatic heterocycles. The number of esters is 1. The summed E-state index contributed by atoms with van der Waals surface area (Å²) in [6.45, 7) is 2.71. The molecule has 106 valence electrons. The van der Waals surface area contributed by atoms with Gasteiger partial charge in [-0.1, -0.05) is 6.92 Å². The molecule has 0 aliphatic carbocycles. The van der Waals surface area contributed by atoms with Gasteiger partial charge in [0.25, 0.3) is 11.8 Å². The third-order valence-electron chi connectivity index (χ3n) is 2.19. The lowest BCUT2D eigenvalue weighted by Gasteiger charge is -2.04. The molecule has 0 saturated carbocycles. The molecule has 0 fully saturated rings. The van der Waals surface area contributed by atoms with Gasteiger partial charge in [0.05, 0.1) is 7.11 Å². The number of nitrogens with one attached hydrogen (secondary N) is 1. The third kappa shape index (κ3) is 3.18. The fraction of sp³-hybridized carbons (Fsp3) is 0.400. The number of methoxy groups -OCH3 is 1. The first-order chi connectivity index (χ1) is 9.63. The molecule has 0 unspecified atom stereocenters. The van der Waals surface area contributed by atoms with Crippen LogP contribution in [0.4, 0.5) is 5.95 Å². The lowest BCUT2D eigenvalue weighted by Crippen LogP contribution is -2.11. The number of hydrogen-bond acceptors (Lipinski definition) is 8. The Bertz CT molecular complexity index is 615. The Labute approximate surface area is 119 Å². The number of ether oxygens (including phenoxy) is 1. The van der Waals surface area contributed by atoms with Crippen molar-refractivity contribution in [1.82, 2.24) is 29.7 Å². The van der Waals surface area contributed by atoms with Gasteiger partial charge in [0.2, 0.25) is 11.2 Å². The van der Waals surface area contributed by atoms with Crippen LogP contribution in [0, 0.1) is 0 Å². The molecule has 0 aliphatic rings. The smallest absolute Gasteiger partial charge is 0.377 e. The summed E-state index contributed by atoms with van der Waals surface area (Å²) in [6, 6.07) is 0. The minimum absolute atomic E-state index is 0.0173. The van der Waals surface area contributed by atoms with Crippen molar-refractivity contribution in [2.75, 3.05) is 19.0 Å². The summed E-state index contributed by atoms with van der Waals surface area (Å²) in [5.41, 5.74) is 0. The van der Waals surface area contributed by atoms with Gasteiger partial charge in [0.15, 0.2) is 0 Å². The van der Waals surface area contributed by atoms with Gasteiger partial charge in [-0.25, -0.2) is 9.78 Å². The summed E-state index contributed by atoms with van der Waals surface area (Å²) in [4.78, 5) is 27.1. The maximum atomic E-state index is 11.3. The Morgan fingerprint density at radius 2 is 2.25 bits per heavy atom. The van der Waals surface area contributed by atoms with Gasteiger partial charge in [-0.05, 0) is 18.0 Å². The Kier molecular flexibility index (Phi) is 4.41. The van der Waals surface area contributed by atoms with Crippen molar-refractivity contribution in [3.05, 3.63) is 17.4 Å². The highest BCUT2D eigenvalue weighted by molar-refractivity contribution is 6.28. The van der Waals surface area contributed by atoms with Crippen LogP contribution in [-0.4, -0.2) is 49.3 Å². The minimum atomic E-state index is -0.645. The van der Waals surface area contributed by atoms with E-state index >= 15 is 0 Å². The molecule has 0 spiro atoms. The number of carbonyl (C=O) groups excluding carboxylic acids is 1. The molecule has 10 heteroatoms. The molecule has 2 aromatic heterocycles. The van der Waals surface area contributed by atoms with Gasteiger partial charge in [0, 0.05) is 6.54 Å². The summed E-state index contributed by atoms with van der Waals surface area (Å²) in [7, 11) is 1.25. The predicted octanol–water partition coefficient (Wildman–Crippen LogP) is 0.714. The summed E-state index contributed by atoms with van der Waals surface area (Å²) < 4.78 is 5.74. The Hall–Kier alpha value is -2.29. The van der Waals surface area contributed by atoms with E-state index in [4.69, 9.17) is 11.6 Å². The van der Waals surface area contributed by atoms with Gasteiger partial charge < -0.3 is 10.1 Å². The first kappa shape index (κ1) is 14.1. The number of anilines is 1. The van der Waals surface area contributed by atoms with Crippen molar-refractivity contribution in [2.24, 2.45) is 0 Å². The standard InChI is InChI=1S/C10H12ClN7O2/c1-3-4-12-9-14-8(11)15-10(16-9)18-5-13-6(17-18)7(19)20-2/h5H,3-4H2,1-2H3,(H,12,14,15,16). The van der Waals surface area contributed by atoms with Crippen LogP contribution < -0.4 is 5.32 Å². The molecule has 20 heavy (non-hydrogen) atoms. The number of aromatic nitrogens is 6. The van der Waals surface area contributed by atoms with E-state index in [2.05, 4.69) is 35.1 Å². The van der Waals surface area contributed by atoms with E-state index in [1.54, 1.807) is 0 Å². The van der Waals surface area contributed by atoms with Crippen LogP contribution in [0.5, 0.6) is 0 Å². The topological polar surface area (TPSA) is 108 Å². The Morgan fingerprint density at radius 3 is 2.95 bits per heavy atom. The van der Waals surface area contributed by atoms with E-state index in [9.17, 15) is 4.79 Å². The molecule has 0 aromatic carbocycles. The monoisotopic (exact) mass is 297 g/mol. The molecule has 1 N–H and O–H groups in total. The minimum Gasteiger partial charge on any atom is -0.463 e. The lowest BCUT2D eigenvalue weighted by atomic mass is 10.5. The van der Waals surface area contributed by atoms with Crippen molar-refractivity contribution in [3.63, 3.8) is 0 Å². The van der Waals surface area contributed by atoms with Gasteiger partial charge in [0.1, 0.15) is 6.33 Å². The summed E-state index contributed by atoms with van der Waals surface area (Å²) in [5, 5.41) is 6.91. The molecular weight excluding hydrogens is 286 g/mol. The quantitative estimate of drug-likeness (QED) is 0.804. The molecule has 9 nitrogen and oxygen atoms in total. The van der Waals surface area contributed by atoms with Crippen LogP contribution in [0.3, 0.4) is 0 Å². The average Bonchev–Trinajstić information content (AvgIpc) is 2.93. The second-order valence-electron chi connectivity index (χ2n) is 3.66. The highest BCUT2D eigenvalue weighted by Gasteiger charge is 2.14. The number of carbonyl (C=O) groups is 1. The van der Waals surface area contributed by atoms with Crippen LogP contribution in [-0.2, 0) is 4.74 Å². The third-order valence-corrected chi connectivity index (χ3v) is 2.36. The summed E-state index contributed by atoms with van der Waals surface area (Å²) >= 11 is 5.82. The normalized spacial score (nSPS) is 10.3. The molecule has 0 amide bonds. The molecule has 2 heterocycles. The zero-order valence-corrected chi connectivity index (χ0v) is 11.6. The highest BCUT2D eigenvalue weighted by Crippen LogP contribution is 2.09. The Morgan fingerprint density at radius 1 is 1.45 bits per heavy atom. The fourth-order valence-electron chi connectivity index (χ4n) is 1.30. The van der Waals surface area contributed by atoms with Crippen molar-refractivity contribution in [2.45, 2.75) is 13.3 Å². The van der Waals surface area contributed by atoms with Crippen molar-refractivity contribution in [1.29, 1.82) is 0 Å². The molecule has 0 saturated heterocycles. The maximum absolute atomic E-state index is 11.3. The number of halogens is 1. The molecule has 2 aromatic rings. The molecular formula is C10H12ClN7O2. The van der Waals surface area contributed by atoms with E-state index in [0.29, 0.717) is 12.5 Å². The molecule has 2 rings (SSSR count). The van der Waals surface area contributed by atoms with E-state index in [1.165, 1.54) is 18.1 Å². The van der Waals surface area contributed by atoms with Crippen LogP contribution in [0.25, 0.3) is 5.95 Å². The van der Waals surface area contributed by atoms with E-state index < -0.39 is 5.97 Å². The molecule has 0 bridgehead atoms. The fourth-order valence-corrected chi connectivity index (χ4v) is 1.46. The van der Waals surface area contributed by atoms with Gasteiger partial charge in [-0.15, -0.1) is 5.10 Å². The van der Waals surface area contributed by atoms with Gasteiger partial charge in [-0.3, -0.25) is 0 Å². The summed E-state index contributed by atoms with van der Waals surface area (Å²) in [6.07, 6.45) is 2.20. The van der Waals surface area contributed by atoms with Crippen LogP contribution in [0.1, 0.15) is 24.0 Å². The first-order valence-electron chi connectivity index (χ1n) is 5.79. The number of rotatable bonds is 5. The van der Waals surface area contributed by atoms with Crippen LogP contribution in [0.15, 0.2) is 6.33 Å². The SMILES string of the molecule is CCCNc1nc(Cl)nc(-n2cnc(C(=O)OC)n2)n1. The predicted molar refractivity (Wildman–Crippen MR) is 69.9 cm³/mol. The second kappa shape index (κ2) is 6.24. The van der Waals surface area contributed by atoms with E-state index in [-0.39, 0.29) is 17.1 Å². The first-order valence-corrected chi connectivity index (χ1v) is 6.17. The van der Waals surface area contributed by atoms with E-state index in [0.717, 1.165) is 6.42 Å². The number of nitrogens with zero attached hydrogens (tertiary/aromatic N) is 6. The van der Waals surface area contributed by atoms with Crippen LogP contribution >= 0.6 is 11.6 Å². The van der Waals surface area contributed by atoms with E-state index in [1.807, 2.05) is 6.92 Å². The van der Waals surface area contributed by atoms with Gasteiger partial charge >= 0.3 is 5.97 Å². The molecule has 0 radical (unpaired) electrons. The van der Waals surface area contributed by atoms with Gasteiger partial charge in [-0.2, -0.15) is 19.6 Å². The van der Waals surface area contributed by atoms with Crippen molar-refractivity contribution in [3.8, 4) is 5.95 Å². The average molecular weight is 298 g/mol. The zero-order chi connectivity index (χ0) is 14.5. The Balaban J connectivity index is 2.29. The number of hydrogen-bond donors (Lipinski definition) is 1.